The van der Waals surface area contributed by atoms with Gasteiger partial charge in [0.25, 0.3) is 0 Å². The highest BCUT2D eigenvalue weighted by Gasteiger charge is 2.09. The Morgan fingerprint density at radius 1 is 1.30 bits per heavy atom. The summed E-state index contributed by atoms with van der Waals surface area (Å²) in [4.78, 5) is 11.1. The number of hydrogen-bond acceptors (Lipinski definition) is 6. The number of aromatic nitrogens is 2. The van der Waals surface area contributed by atoms with Gasteiger partial charge in [-0.05, 0) is 12.0 Å². The summed E-state index contributed by atoms with van der Waals surface area (Å²) in [7, 11) is 0. The molecular formula is C14H25N5O. The second kappa shape index (κ2) is 8.01. The summed E-state index contributed by atoms with van der Waals surface area (Å²) in [6.45, 7) is 10.8. The van der Waals surface area contributed by atoms with Crippen molar-refractivity contribution in [2.75, 3.05) is 56.6 Å². The van der Waals surface area contributed by atoms with E-state index in [1.807, 2.05) is 6.07 Å². The summed E-state index contributed by atoms with van der Waals surface area (Å²) in [6.07, 6.45) is 1.78. The molecule has 20 heavy (non-hydrogen) atoms. The molecule has 0 bridgehead atoms. The smallest absolute Gasteiger partial charge is 0.224 e. The SMILES string of the molecule is CC(C)CNc1ccnc(NCCN2CCOCC2)n1. The van der Waals surface area contributed by atoms with Gasteiger partial charge in [0.05, 0.1) is 13.2 Å². The second-order valence-electron chi connectivity index (χ2n) is 5.42. The zero-order valence-corrected chi connectivity index (χ0v) is 12.4. The van der Waals surface area contributed by atoms with Gasteiger partial charge in [0, 0.05) is 38.9 Å². The van der Waals surface area contributed by atoms with E-state index in [-0.39, 0.29) is 0 Å². The maximum atomic E-state index is 5.33. The van der Waals surface area contributed by atoms with E-state index in [1.165, 1.54) is 0 Å². The minimum atomic E-state index is 0.600. The molecule has 1 aliphatic heterocycles. The van der Waals surface area contributed by atoms with Gasteiger partial charge in [-0.1, -0.05) is 13.8 Å². The summed E-state index contributed by atoms with van der Waals surface area (Å²) < 4.78 is 5.33. The van der Waals surface area contributed by atoms with Crippen molar-refractivity contribution in [3.63, 3.8) is 0 Å². The molecule has 0 aliphatic carbocycles. The van der Waals surface area contributed by atoms with Gasteiger partial charge < -0.3 is 15.4 Å². The van der Waals surface area contributed by atoms with Crippen LogP contribution in [0.2, 0.25) is 0 Å². The van der Waals surface area contributed by atoms with Crippen LogP contribution in [-0.4, -0.2) is 60.8 Å². The second-order valence-corrected chi connectivity index (χ2v) is 5.42. The highest BCUT2D eigenvalue weighted by molar-refractivity contribution is 5.39. The van der Waals surface area contributed by atoms with E-state index in [0.29, 0.717) is 11.9 Å². The molecule has 2 heterocycles. The molecular weight excluding hydrogens is 254 g/mol. The Balaban J connectivity index is 1.73. The van der Waals surface area contributed by atoms with Crippen molar-refractivity contribution < 1.29 is 4.74 Å². The number of rotatable bonds is 7. The lowest BCUT2D eigenvalue weighted by Crippen LogP contribution is -2.39. The van der Waals surface area contributed by atoms with Crippen molar-refractivity contribution >= 4 is 11.8 Å². The van der Waals surface area contributed by atoms with Crippen molar-refractivity contribution in [3.8, 4) is 0 Å². The highest BCUT2D eigenvalue weighted by Crippen LogP contribution is 2.06. The van der Waals surface area contributed by atoms with Gasteiger partial charge in [-0.15, -0.1) is 0 Å². The average Bonchev–Trinajstić information content (AvgIpc) is 2.47. The largest absolute Gasteiger partial charge is 0.379 e. The van der Waals surface area contributed by atoms with Crippen molar-refractivity contribution in [1.82, 2.24) is 14.9 Å². The first-order valence-corrected chi connectivity index (χ1v) is 7.35. The van der Waals surface area contributed by atoms with Crippen LogP contribution in [0.5, 0.6) is 0 Å². The Kier molecular flexibility index (Phi) is 6.01. The fourth-order valence-corrected chi connectivity index (χ4v) is 2.00. The van der Waals surface area contributed by atoms with Crippen LogP contribution in [0.1, 0.15) is 13.8 Å². The van der Waals surface area contributed by atoms with Crippen LogP contribution in [0.3, 0.4) is 0 Å². The molecule has 1 aromatic heterocycles. The van der Waals surface area contributed by atoms with E-state index < -0.39 is 0 Å². The van der Waals surface area contributed by atoms with Gasteiger partial charge >= 0.3 is 0 Å². The van der Waals surface area contributed by atoms with E-state index in [1.54, 1.807) is 6.20 Å². The first-order valence-electron chi connectivity index (χ1n) is 7.35. The molecule has 112 valence electrons. The van der Waals surface area contributed by atoms with Crippen molar-refractivity contribution in [3.05, 3.63) is 12.3 Å². The molecule has 0 radical (unpaired) electrons. The molecule has 0 aromatic carbocycles. The van der Waals surface area contributed by atoms with Gasteiger partial charge in [0.1, 0.15) is 5.82 Å². The Labute approximate surface area is 120 Å². The van der Waals surface area contributed by atoms with E-state index >= 15 is 0 Å². The van der Waals surface area contributed by atoms with Crippen LogP contribution < -0.4 is 10.6 Å². The maximum Gasteiger partial charge on any atom is 0.224 e. The molecule has 0 spiro atoms. The lowest BCUT2D eigenvalue weighted by Gasteiger charge is -2.26. The Morgan fingerprint density at radius 3 is 2.85 bits per heavy atom. The molecule has 0 atom stereocenters. The van der Waals surface area contributed by atoms with Gasteiger partial charge in [0.15, 0.2) is 0 Å². The number of morpholine rings is 1. The number of hydrogen-bond donors (Lipinski definition) is 2. The zero-order valence-electron chi connectivity index (χ0n) is 12.4. The van der Waals surface area contributed by atoms with Crippen LogP contribution in [0.25, 0.3) is 0 Å². The molecule has 0 amide bonds. The number of nitrogens with one attached hydrogen (secondary N) is 2. The monoisotopic (exact) mass is 279 g/mol. The minimum absolute atomic E-state index is 0.600. The van der Waals surface area contributed by atoms with Crippen molar-refractivity contribution in [2.45, 2.75) is 13.8 Å². The summed E-state index contributed by atoms with van der Waals surface area (Å²) in [6, 6.07) is 1.90. The predicted molar refractivity (Wildman–Crippen MR) is 81.1 cm³/mol. The maximum absolute atomic E-state index is 5.33. The number of anilines is 2. The summed E-state index contributed by atoms with van der Waals surface area (Å²) in [5.41, 5.74) is 0. The number of nitrogens with zero attached hydrogens (tertiary/aromatic N) is 3. The average molecular weight is 279 g/mol. The summed E-state index contributed by atoms with van der Waals surface area (Å²) in [5, 5.41) is 6.58. The van der Waals surface area contributed by atoms with Gasteiger partial charge in [-0.25, -0.2) is 4.98 Å². The molecule has 2 rings (SSSR count). The van der Waals surface area contributed by atoms with Crippen LogP contribution >= 0.6 is 0 Å². The lowest BCUT2D eigenvalue weighted by molar-refractivity contribution is 0.0398. The molecule has 6 heteroatoms. The highest BCUT2D eigenvalue weighted by atomic mass is 16.5. The van der Waals surface area contributed by atoms with Gasteiger partial charge in [-0.3, -0.25) is 4.90 Å². The first-order chi connectivity index (χ1) is 9.74. The van der Waals surface area contributed by atoms with E-state index in [9.17, 15) is 0 Å². The molecule has 1 fully saturated rings. The fraction of sp³-hybridized carbons (Fsp3) is 0.714. The fourth-order valence-electron chi connectivity index (χ4n) is 2.00. The van der Waals surface area contributed by atoms with E-state index in [0.717, 1.165) is 51.8 Å². The van der Waals surface area contributed by atoms with E-state index in [2.05, 4.69) is 39.3 Å². The zero-order chi connectivity index (χ0) is 14.2. The quantitative estimate of drug-likeness (QED) is 0.784. The predicted octanol–water partition coefficient (Wildman–Crippen LogP) is 1.29. The van der Waals surface area contributed by atoms with Gasteiger partial charge in [0.2, 0.25) is 5.95 Å². The van der Waals surface area contributed by atoms with Crippen molar-refractivity contribution in [2.24, 2.45) is 5.92 Å². The first kappa shape index (κ1) is 15.0. The minimum Gasteiger partial charge on any atom is -0.379 e. The molecule has 0 saturated carbocycles. The molecule has 1 saturated heterocycles. The molecule has 2 N–H and O–H groups in total. The van der Waals surface area contributed by atoms with Crippen molar-refractivity contribution in [1.29, 1.82) is 0 Å². The topological polar surface area (TPSA) is 62.3 Å². The molecule has 6 nitrogen and oxygen atoms in total. The Hall–Kier alpha value is -1.40. The Morgan fingerprint density at radius 2 is 2.10 bits per heavy atom. The van der Waals surface area contributed by atoms with Gasteiger partial charge in [-0.2, -0.15) is 4.98 Å². The molecule has 0 unspecified atom stereocenters. The normalized spacial score (nSPS) is 16.4. The molecule has 1 aromatic rings. The standard InChI is InChI=1S/C14H25N5O/c1-12(2)11-17-13-3-4-15-14(18-13)16-5-6-19-7-9-20-10-8-19/h3-4,12H,5-11H2,1-2H3,(H2,15,16,17,18). The van der Waals surface area contributed by atoms with E-state index in [4.69, 9.17) is 4.74 Å². The third kappa shape index (κ3) is 5.30. The third-order valence-electron chi connectivity index (χ3n) is 3.16. The summed E-state index contributed by atoms with van der Waals surface area (Å²) in [5.74, 6) is 2.16. The van der Waals surface area contributed by atoms with Crippen LogP contribution in [0.15, 0.2) is 12.3 Å². The molecule has 1 aliphatic rings. The van der Waals surface area contributed by atoms with Crippen LogP contribution in [0.4, 0.5) is 11.8 Å². The van der Waals surface area contributed by atoms with Crippen LogP contribution in [-0.2, 0) is 4.74 Å². The van der Waals surface area contributed by atoms with Crippen LogP contribution in [0, 0.1) is 5.92 Å². The Bertz CT molecular complexity index is 393. The summed E-state index contributed by atoms with van der Waals surface area (Å²) >= 11 is 0. The lowest BCUT2D eigenvalue weighted by atomic mass is 10.2. The number of ether oxygens (including phenoxy) is 1. The third-order valence-corrected chi connectivity index (χ3v) is 3.16.